The Morgan fingerprint density at radius 1 is 1.10 bits per heavy atom. The molecule has 0 amide bonds. The van der Waals surface area contributed by atoms with Crippen LogP contribution in [0.25, 0.3) is 11.4 Å². The standard InChI is InChI=1S/C16H13BrN2O/c17-14-6-4-13(5-7-14)16-18-8-9-19(16)11-12-2-1-3-15(20)10-12/h1-10,20H,11H2. The summed E-state index contributed by atoms with van der Waals surface area (Å²) in [5.41, 5.74) is 2.11. The topological polar surface area (TPSA) is 38.0 Å². The lowest BCUT2D eigenvalue weighted by Gasteiger charge is -2.08. The number of halogens is 1. The summed E-state index contributed by atoms with van der Waals surface area (Å²) >= 11 is 3.43. The SMILES string of the molecule is Oc1cccc(Cn2ccnc2-c2ccc(Br)cc2)c1. The zero-order valence-corrected chi connectivity index (χ0v) is 12.3. The number of aromatic nitrogens is 2. The van der Waals surface area contributed by atoms with Gasteiger partial charge in [-0.05, 0) is 29.8 Å². The van der Waals surface area contributed by atoms with Crippen LogP contribution in [0.1, 0.15) is 5.56 Å². The number of hydrogen-bond acceptors (Lipinski definition) is 2. The highest BCUT2D eigenvalue weighted by molar-refractivity contribution is 9.10. The summed E-state index contributed by atoms with van der Waals surface area (Å²) in [5.74, 6) is 1.20. The molecule has 0 bridgehead atoms. The van der Waals surface area contributed by atoms with Crippen molar-refractivity contribution in [1.82, 2.24) is 9.55 Å². The highest BCUT2D eigenvalue weighted by Crippen LogP contribution is 2.21. The van der Waals surface area contributed by atoms with Crippen LogP contribution in [0.5, 0.6) is 5.75 Å². The molecule has 0 aliphatic rings. The molecule has 0 aliphatic carbocycles. The van der Waals surface area contributed by atoms with Crippen LogP contribution in [-0.2, 0) is 6.54 Å². The van der Waals surface area contributed by atoms with Gasteiger partial charge in [0.05, 0.1) is 0 Å². The molecule has 20 heavy (non-hydrogen) atoms. The predicted molar refractivity (Wildman–Crippen MR) is 82.6 cm³/mol. The summed E-state index contributed by atoms with van der Waals surface area (Å²) in [5, 5.41) is 9.53. The Kier molecular flexibility index (Phi) is 3.56. The summed E-state index contributed by atoms with van der Waals surface area (Å²) in [6, 6.07) is 15.4. The van der Waals surface area contributed by atoms with Crippen molar-refractivity contribution in [3.05, 3.63) is 71.0 Å². The van der Waals surface area contributed by atoms with Crippen molar-refractivity contribution in [1.29, 1.82) is 0 Å². The third-order valence-corrected chi connectivity index (χ3v) is 3.61. The van der Waals surface area contributed by atoms with E-state index < -0.39 is 0 Å². The fourth-order valence-electron chi connectivity index (χ4n) is 2.15. The molecule has 0 fully saturated rings. The summed E-state index contributed by atoms with van der Waals surface area (Å²) in [4.78, 5) is 4.42. The van der Waals surface area contributed by atoms with Gasteiger partial charge in [-0.3, -0.25) is 0 Å². The van der Waals surface area contributed by atoms with Crippen LogP contribution in [0.3, 0.4) is 0 Å². The maximum Gasteiger partial charge on any atom is 0.140 e. The zero-order chi connectivity index (χ0) is 13.9. The molecule has 0 aliphatic heterocycles. The quantitative estimate of drug-likeness (QED) is 0.787. The van der Waals surface area contributed by atoms with Gasteiger partial charge in [0, 0.05) is 29.0 Å². The van der Waals surface area contributed by atoms with Gasteiger partial charge in [-0.25, -0.2) is 4.98 Å². The van der Waals surface area contributed by atoms with Crippen LogP contribution >= 0.6 is 15.9 Å². The second kappa shape index (κ2) is 5.51. The van der Waals surface area contributed by atoms with E-state index in [1.807, 2.05) is 42.6 Å². The Morgan fingerprint density at radius 2 is 1.90 bits per heavy atom. The van der Waals surface area contributed by atoms with Crippen LogP contribution in [0, 0.1) is 0 Å². The molecule has 3 rings (SSSR count). The average molecular weight is 329 g/mol. The summed E-state index contributed by atoms with van der Waals surface area (Å²) in [6.45, 7) is 0.680. The average Bonchev–Trinajstić information content (AvgIpc) is 2.88. The van der Waals surface area contributed by atoms with Crippen LogP contribution in [0.4, 0.5) is 0 Å². The fourth-order valence-corrected chi connectivity index (χ4v) is 2.41. The van der Waals surface area contributed by atoms with E-state index in [4.69, 9.17) is 0 Å². The third-order valence-electron chi connectivity index (χ3n) is 3.08. The van der Waals surface area contributed by atoms with Crippen LogP contribution in [0.15, 0.2) is 65.4 Å². The Hall–Kier alpha value is -2.07. The molecular weight excluding hydrogens is 316 g/mol. The molecular formula is C16H13BrN2O. The summed E-state index contributed by atoms with van der Waals surface area (Å²) in [6.07, 6.45) is 3.74. The number of nitrogens with zero attached hydrogens (tertiary/aromatic N) is 2. The summed E-state index contributed by atoms with van der Waals surface area (Å²) < 4.78 is 3.12. The first-order valence-electron chi connectivity index (χ1n) is 6.27. The Bertz CT molecular complexity index is 719. The molecule has 0 unspecified atom stereocenters. The van der Waals surface area contributed by atoms with Crippen molar-refractivity contribution in [2.24, 2.45) is 0 Å². The van der Waals surface area contributed by atoms with Gasteiger partial charge < -0.3 is 9.67 Å². The van der Waals surface area contributed by atoms with Gasteiger partial charge in [0.2, 0.25) is 0 Å². The number of imidazole rings is 1. The monoisotopic (exact) mass is 328 g/mol. The molecule has 1 heterocycles. The van der Waals surface area contributed by atoms with E-state index in [1.54, 1.807) is 18.3 Å². The van der Waals surface area contributed by atoms with Crippen molar-refractivity contribution in [3.8, 4) is 17.1 Å². The minimum absolute atomic E-state index is 0.285. The molecule has 0 radical (unpaired) electrons. The van der Waals surface area contributed by atoms with Crippen molar-refractivity contribution in [3.63, 3.8) is 0 Å². The maximum absolute atomic E-state index is 9.53. The van der Waals surface area contributed by atoms with Gasteiger partial charge in [0.1, 0.15) is 11.6 Å². The van der Waals surface area contributed by atoms with E-state index in [2.05, 4.69) is 25.5 Å². The van der Waals surface area contributed by atoms with Gasteiger partial charge in [-0.1, -0.05) is 40.2 Å². The molecule has 3 nitrogen and oxygen atoms in total. The fraction of sp³-hybridized carbons (Fsp3) is 0.0625. The lowest BCUT2D eigenvalue weighted by molar-refractivity contribution is 0.474. The first-order chi connectivity index (χ1) is 9.72. The van der Waals surface area contributed by atoms with Gasteiger partial charge in [0.15, 0.2) is 0 Å². The van der Waals surface area contributed by atoms with E-state index in [1.165, 1.54) is 0 Å². The van der Waals surface area contributed by atoms with Gasteiger partial charge in [-0.2, -0.15) is 0 Å². The van der Waals surface area contributed by atoms with Crippen LogP contribution in [0.2, 0.25) is 0 Å². The first-order valence-corrected chi connectivity index (χ1v) is 7.07. The predicted octanol–water partition coefficient (Wildman–Crippen LogP) is 4.07. The van der Waals surface area contributed by atoms with E-state index in [9.17, 15) is 5.11 Å². The molecule has 2 aromatic carbocycles. The lowest BCUT2D eigenvalue weighted by Crippen LogP contribution is -2.00. The van der Waals surface area contributed by atoms with Crippen molar-refractivity contribution >= 4 is 15.9 Å². The maximum atomic E-state index is 9.53. The molecule has 4 heteroatoms. The number of hydrogen-bond donors (Lipinski definition) is 1. The Labute approximate surface area is 125 Å². The Morgan fingerprint density at radius 3 is 2.65 bits per heavy atom. The molecule has 3 aromatic rings. The molecule has 1 N–H and O–H groups in total. The van der Waals surface area contributed by atoms with Crippen LogP contribution < -0.4 is 0 Å². The highest BCUT2D eigenvalue weighted by Gasteiger charge is 2.06. The second-order valence-electron chi connectivity index (χ2n) is 4.56. The molecule has 100 valence electrons. The second-order valence-corrected chi connectivity index (χ2v) is 5.47. The summed E-state index contributed by atoms with van der Waals surface area (Å²) in [7, 11) is 0. The van der Waals surface area contributed by atoms with Crippen molar-refractivity contribution in [2.45, 2.75) is 6.54 Å². The number of phenols is 1. The number of rotatable bonds is 3. The largest absolute Gasteiger partial charge is 0.508 e. The van der Waals surface area contributed by atoms with E-state index >= 15 is 0 Å². The number of aromatic hydroxyl groups is 1. The molecule has 0 atom stereocenters. The van der Waals surface area contributed by atoms with E-state index in [0.29, 0.717) is 6.54 Å². The van der Waals surface area contributed by atoms with Crippen LogP contribution in [-0.4, -0.2) is 14.7 Å². The molecule has 1 aromatic heterocycles. The lowest BCUT2D eigenvalue weighted by atomic mass is 10.2. The normalized spacial score (nSPS) is 10.7. The highest BCUT2D eigenvalue weighted by atomic mass is 79.9. The van der Waals surface area contributed by atoms with E-state index in [0.717, 1.165) is 21.4 Å². The van der Waals surface area contributed by atoms with Crippen molar-refractivity contribution in [2.75, 3.05) is 0 Å². The molecule has 0 saturated heterocycles. The molecule has 0 spiro atoms. The third kappa shape index (κ3) is 2.75. The Balaban J connectivity index is 1.92. The minimum atomic E-state index is 0.285. The van der Waals surface area contributed by atoms with Crippen molar-refractivity contribution < 1.29 is 5.11 Å². The van der Waals surface area contributed by atoms with Gasteiger partial charge in [0.25, 0.3) is 0 Å². The minimum Gasteiger partial charge on any atom is -0.508 e. The first kappa shape index (κ1) is 12.9. The van der Waals surface area contributed by atoms with E-state index in [-0.39, 0.29) is 5.75 Å². The molecule has 0 saturated carbocycles. The smallest absolute Gasteiger partial charge is 0.140 e. The number of phenolic OH excluding ortho intramolecular Hbond substituents is 1. The van der Waals surface area contributed by atoms with Gasteiger partial charge >= 0.3 is 0 Å². The zero-order valence-electron chi connectivity index (χ0n) is 10.7. The number of benzene rings is 2. The van der Waals surface area contributed by atoms with Gasteiger partial charge in [-0.15, -0.1) is 0 Å².